The highest BCUT2D eigenvalue weighted by atomic mass is 16.6. The third kappa shape index (κ3) is 4.31. The fourth-order valence-corrected chi connectivity index (χ4v) is 6.44. The van der Waals surface area contributed by atoms with E-state index in [0.29, 0.717) is 12.0 Å². The molecule has 4 rings (SSSR count). The number of hydrogen-bond acceptors (Lipinski definition) is 7. The number of aliphatic hydroxyl groups is 2. The number of aliphatic hydroxyl groups excluding tert-OH is 2. The molecule has 8 heteroatoms. The molecule has 192 valence electrons. The van der Waals surface area contributed by atoms with Gasteiger partial charge in [-0.25, -0.2) is 9.59 Å². The predicted octanol–water partition coefficient (Wildman–Crippen LogP) is 2.42. The molecular weight excluding hydrogens is 452 g/mol. The molecule has 0 aromatic carbocycles. The molecule has 3 aliphatic carbocycles. The number of esters is 1. The van der Waals surface area contributed by atoms with E-state index in [4.69, 9.17) is 14.2 Å². The number of carbonyl (C=O) groups is 2. The highest BCUT2D eigenvalue weighted by Crippen LogP contribution is 2.61. The molecule has 0 unspecified atom stereocenters. The second-order valence-corrected chi connectivity index (χ2v) is 10.3. The fraction of sp³-hybridized carbons (Fsp3) is 0.630. The molecule has 10 atom stereocenters. The van der Waals surface area contributed by atoms with E-state index in [-0.39, 0.29) is 36.7 Å². The van der Waals surface area contributed by atoms with Crippen molar-refractivity contribution in [3.05, 3.63) is 47.6 Å². The van der Waals surface area contributed by atoms with Crippen LogP contribution in [-0.2, 0) is 23.8 Å². The number of allylic oxidation sites excluding steroid dienone is 3. The molecule has 1 aliphatic heterocycles. The standard InChI is InChI=1S/C27H36O8/c1-14(13-28)11-15(2)27-18(12-20(33-4)25(30)31)9-10-19-21(27)22(29)16(3)23(24(19)35-27)34-26(32)17-7-5-6-8-17/h5-7,9-11,14,16,18-24,28-29H,8,12-13H2,1-4H3,(H,30,31)/b15-11+/t14-,16-,18-,19-,20+,21+,22-,23-,24-,27+/m1/s1. The van der Waals surface area contributed by atoms with Crippen LogP contribution in [0.25, 0.3) is 0 Å². The summed E-state index contributed by atoms with van der Waals surface area (Å²) in [6.07, 6.45) is 8.94. The van der Waals surface area contributed by atoms with Gasteiger partial charge in [0.15, 0.2) is 6.10 Å². The van der Waals surface area contributed by atoms with Crippen molar-refractivity contribution < 1.29 is 39.1 Å². The van der Waals surface area contributed by atoms with Gasteiger partial charge >= 0.3 is 11.9 Å². The first-order valence-electron chi connectivity index (χ1n) is 12.3. The van der Waals surface area contributed by atoms with Gasteiger partial charge in [-0.2, -0.15) is 0 Å². The van der Waals surface area contributed by atoms with E-state index in [1.165, 1.54) is 7.11 Å². The largest absolute Gasteiger partial charge is 0.479 e. The molecule has 0 amide bonds. The maximum Gasteiger partial charge on any atom is 0.334 e. The zero-order valence-corrected chi connectivity index (χ0v) is 20.7. The molecule has 4 bridgehead atoms. The van der Waals surface area contributed by atoms with Crippen LogP contribution in [0.3, 0.4) is 0 Å². The lowest BCUT2D eigenvalue weighted by Gasteiger charge is -2.48. The minimum Gasteiger partial charge on any atom is -0.479 e. The van der Waals surface area contributed by atoms with Crippen LogP contribution in [0.4, 0.5) is 0 Å². The van der Waals surface area contributed by atoms with Crippen LogP contribution in [-0.4, -0.2) is 71.0 Å². The molecule has 35 heavy (non-hydrogen) atoms. The monoisotopic (exact) mass is 488 g/mol. The Morgan fingerprint density at radius 1 is 1.34 bits per heavy atom. The molecule has 0 aromatic rings. The Kier molecular flexibility index (Phi) is 7.38. The zero-order chi connectivity index (χ0) is 25.5. The summed E-state index contributed by atoms with van der Waals surface area (Å²) < 4.78 is 18.0. The predicted molar refractivity (Wildman–Crippen MR) is 127 cm³/mol. The van der Waals surface area contributed by atoms with Crippen molar-refractivity contribution in [2.24, 2.45) is 29.6 Å². The number of carboxylic acids is 1. The summed E-state index contributed by atoms with van der Waals surface area (Å²) in [5, 5.41) is 30.9. The first-order valence-corrected chi connectivity index (χ1v) is 12.3. The maximum atomic E-state index is 12.8. The van der Waals surface area contributed by atoms with E-state index >= 15 is 0 Å². The van der Waals surface area contributed by atoms with Crippen molar-refractivity contribution in [3.63, 3.8) is 0 Å². The van der Waals surface area contributed by atoms with Gasteiger partial charge in [-0.05, 0) is 31.3 Å². The van der Waals surface area contributed by atoms with Crippen molar-refractivity contribution in [1.82, 2.24) is 0 Å². The van der Waals surface area contributed by atoms with Crippen molar-refractivity contribution in [1.29, 1.82) is 0 Å². The van der Waals surface area contributed by atoms with Gasteiger partial charge in [0.1, 0.15) is 17.8 Å². The minimum atomic E-state index is -1.07. The van der Waals surface area contributed by atoms with E-state index < -0.39 is 47.9 Å². The number of carboxylic acid groups (broad SMARTS) is 1. The van der Waals surface area contributed by atoms with Gasteiger partial charge in [0.05, 0.1) is 6.10 Å². The third-order valence-corrected chi connectivity index (χ3v) is 8.23. The van der Waals surface area contributed by atoms with Gasteiger partial charge in [0, 0.05) is 43.0 Å². The normalized spacial score (nSPS) is 39.3. The van der Waals surface area contributed by atoms with Crippen molar-refractivity contribution >= 4 is 11.9 Å². The molecule has 3 N–H and O–H groups in total. The SMILES string of the molecule is CO[C@@H](C[C@H]1C=C[C@H]2[C@H]3O[C@]1(/C(C)=C/[C@@H](C)CO)[C@@H]2[C@H](O)[C@@H](C)[C@H]3OC(=O)C1=CC=CC1)C(=O)O. The van der Waals surface area contributed by atoms with Gasteiger partial charge in [0.2, 0.25) is 0 Å². The summed E-state index contributed by atoms with van der Waals surface area (Å²) in [5.74, 6) is -2.96. The molecule has 1 saturated carbocycles. The van der Waals surface area contributed by atoms with Gasteiger partial charge in [0.25, 0.3) is 0 Å². The average Bonchev–Trinajstić information content (AvgIpc) is 3.43. The number of methoxy groups -OCH3 is 1. The lowest BCUT2D eigenvalue weighted by atomic mass is 9.57. The maximum absolute atomic E-state index is 12.8. The summed E-state index contributed by atoms with van der Waals surface area (Å²) in [5.41, 5.74) is 0.380. The zero-order valence-electron chi connectivity index (χ0n) is 20.7. The number of aliphatic carboxylic acids is 1. The van der Waals surface area contributed by atoms with Crippen LogP contribution >= 0.6 is 0 Å². The van der Waals surface area contributed by atoms with Crippen LogP contribution in [0.5, 0.6) is 0 Å². The molecule has 0 aromatic heterocycles. The van der Waals surface area contributed by atoms with Gasteiger partial charge in [-0.3, -0.25) is 0 Å². The van der Waals surface area contributed by atoms with Crippen LogP contribution in [0.2, 0.25) is 0 Å². The number of hydrogen-bond donors (Lipinski definition) is 3. The minimum absolute atomic E-state index is 0.0520. The topological polar surface area (TPSA) is 123 Å². The van der Waals surface area contributed by atoms with Crippen LogP contribution < -0.4 is 0 Å². The van der Waals surface area contributed by atoms with Gasteiger partial charge in [-0.15, -0.1) is 0 Å². The van der Waals surface area contributed by atoms with Crippen LogP contribution in [0.1, 0.15) is 33.6 Å². The summed E-state index contributed by atoms with van der Waals surface area (Å²) in [4.78, 5) is 24.6. The second kappa shape index (κ2) is 10.0. The third-order valence-electron chi connectivity index (χ3n) is 8.23. The molecule has 4 aliphatic rings. The number of rotatable bonds is 9. The Hall–Kier alpha value is -2.26. The number of ether oxygens (including phenoxy) is 3. The van der Waals surface area contributed by atoms with Crippen molar-refractivity contribution in [2.45, 2.75) is 63.6 Å². The molecule has 1 saturated heterocycles. The Morgan fingerprint density at radius 3 is 2.69 bits per heavy atom. The Labute approximate surface area is 205 Å². The van der Waals surface area contributed by atoms with E-state index in [9.17, 15) is 24.9 Å². The van der Waals surface area contributed by atoms with E-state index in [0.717, 1.165) is 5.57 Å². The highest BCUT2D eigenvalue weighted by Gasteiger charge is 2.68. The average molecular weight is 489 g/mol. The van der Waals surface area contributed by atoms with Crippen molar-refractivity contribution in [3.8, 4) is 0 Å². The highest BCUT2D eigenvalue weighted by molar-refractivity contribution is 5.90. The molecule has 1 heterocycles. The number of carbonyl (C=O) groups excluding carboxylic acids is 1. The Bertz CT molecular complexity index is 964. The Morgan fingerprint density at radius 2 is 2.09 bits per heavy atom. The van der Waals surface area contributed by atoms with E-state index in [1.54, 1.807) is 6.08 Å². The molecule has 0 radical (unpaired) electrons. The summed E-state index contributed by atoms with van der Waals surface area (Å²) in [7, 11) is 1.37. The lowest BCUT2D eigenvalue weighted by Crippen LogP contribution is -2.57. The summed E-state index contributed by atoms with van der Waals surface area (Å²) >= 11 is 0. The van der Waals surface area contributed by atoms with Crippen LogP contribution in [0.15, 0.2) is 47.6 Å². The fourth-order valence-electron chi connectivity index (χ4n) is 6.44. The van der Waals surface area contributed by atoms with Gasteiger partial charge in [-0.1, -0.05) is 50.3 Å². The first-order chi connectivity index (χ1) is 16.6. The Balaban J connectivity index is 1.74. The van der Waals surface area contributed by atoms with E-state index in [1.807, 2.05) is 51.2 Å². The smallest absolute Gasteiger partial charge is 0.334 e. The molecule has 8 nitrogen and oxygen atoms in total. The first kappa shape index (κ1) is 25.8. The quantitative estimate of drug-likeness (QED) is 0.334. The molecule has 0 spiro atoms. The molecule has 2 fully saturated rings. The van der Waals surface area contributed by atoms with Crippen LogP contribution in [0, 0.1) is 29.6 Å². The summed E-state index contributed by atoms with van der Waals surface area (Å²) in [6, 6.07) is 0. The van der Waals surface area contributed by atoms with Crippen molar-refractivity contribution in [2.75, 3.05) is 13.7 Å². The second-order valence-electron chi connectivity index (χ2n) is 10.3. The lowest BCUT2D eigenvalue weighted by molar-refractivity contribution is -0.165. The van der Waals surface area contributed by atoms with E-state index in [2.05, 4.69) is 0 Å². The molecular formula is C27H36O8. The summed E-state index contributed by atoms with van der Waals surface area (Å²) in [6.45, 7) is 5.61. The van der Waals surface area contributed by atoms with Gasteiger partial charge < -0.3 is 29.5 Å².